The van der Waals surface area contributed by atoms with Gasteiger partial charge in [0.25, 0.3) is 0 Å². The van der Waals surface area contributed by atoms with Crippen molar-refractivity contribution < 1.29 is 48.4 Å². The average molecular weight is 580 g/mol. The molecule has 4 atom stereocenters. The van der Waals surface area contributed by atoms with Gasteiger partial charge >= 0.3 is 15.2 Å². The first-order chi connectivity index (χ1) is 17.2. The van der Waals surface area contributed by atoms with E-state index in [4.69, 9.17) is 26.1 Å². The summed E-state index contributed by atoms with van der Waals surface area (Å²) in [6.45, 7) is -0.531. The molecule has 15 nitrogen and oxygen atoms in total. The van der Waals surface area contributed by atoms with Crippen LogP contribution in [-0.4, -0.2) is 87.3 Å². The first kappa shape index (κ1) is 28.0. The Labute approximate surface area is 214 Å². The van der Waals surface area contributed by atoms with Crippen LogP contribution in [0, 0.1) is 0 Å². The molecule has 4 rings (SSSR count). The van der Waals surface area contributed by atoms with E-state index in [1.165, 1.54) is 6.20 Å². The number of benzene rings is 1. The smallest absolute Gasteiger partial charge is 0.340 e. The number of anilines is 1. The van der Waals surface area contributed by atoms with Crippen LogP contribution in [0.1, 0.15) is 11.8 Å². The van der Waals surface area contributed by atoms with Crippen LogP contribution < -0.4 is 4.90 Å². The van der Waals surface area contributed by atoms with Crippen LogP contribution in [0.2, 0.25) is 5.28 Å². The molecule has 0 radical (unpaired) electrons. The maximum absolute atomic E-state index is 11.9. The van der Waals surface area contributed by atoms with Crippen molar-refractivity contribution in [1.82, 2.24) is 19.7 Å². The van der Waals surface area contributed by atoms with E-state index in [1.807, 2.05) is 30.3 Å². The number of ether oxygens (including phenoxy) is 1. The minimum Gasteiger partial charge on any atom is -0.383 e. The summed E-state index contributed by atoms with van der Waals surface area (Å²) in [7, 11) is -7.97. The number of aliphatic hydroxyl groups excluding tert-OH is 1. The van der Waals surface area contributed by atoms with Crippen molar-refractivity contribution in [3.8, 4) is 0 Å². The lowest BCUT2D eigenvalue weighted by molar-refractivity contribution is -0.234. The lowest BCUT2D eigenvalue weighted by Gasteiger charge is -2.25. The lowest BCUT2D eigenvalue weighted by Crippen LogP contribution is -2.49. The Balaban J connectivity index is 1.60. The molecule has 202 valence electrons. The Morgan fingerprint density at radius 2 is 1.86 bits per heavy atom. The molecule has 37 heavy (non-hydrogen) atoms. The molecule has 0 saturated carbocycles. The fraction of sp³-hybridized carbons (Fsp3) is 0.421. The van der Waals surface area contributed by atoms with Crippen molar-refractivity contribution in [3.05, 3.63) is 47.4 Å². The molecule has 1 aliphatic rings. The molecule has 18 heteroatoms. The first-order valence-corrected chi connectivity index (χ1v) is 14.6. The van der Waals surface area contributed by atoms with Crippen LogP contribution in [0.4, 0.5) is 5.82 Å². The summed E-state index contributed by atoms with van der Waals surface area (Å²) in [5.41, 5.74) is 1.08. The second-order valence-electron chi connectivity index (χ2n) is 8.47. The summed E-state index contributed by atoms with van der Waals surface area (Å²) in [6.07, 6.45) is -4.02. The summed E-state index contributed by atoms with van der Waals surface area (Å²) in [4.78, 5) is 37.7. The van der Waals surface area contributed by atoms with Crippen LogP contribution in [0.3, 0.4) is 0 Å². The fourth-order valence-corrected chi connectivity index (χ4v) is 6.57. The number of nitrogens with zero attached hydrogens (tertiary/aromatic N) is 5. The topological polar surface area (TPSA) is 221 Å². The van der Waals surface area contributed by atoms with Gasteiger partial charge in [-0.2, -0.15) is 15.1 Å². The standard InChI is InChI=1S/C19H24ClN5O10P2/c1-24(8-11-5-3-2-4-6-11)15-12-7-21-25(16(12)23-18(20)22-15)17-14(26)19(27,28)13(35-17)9-34-37(32,33)10-36(29,30)31/h2-7,13-14,17,26-28H,8-10H2,1H3,(H,32,33)(H2,29,30,31)/t13-,14+,17-/m1/s1. The Hall–Kier alpha value is -2.00. The monoisotopic (exact) mass is 579 g/mol. The van der Waals surface area contributed by atoms with Gasteiger partial charge in [-0.05, 0) is 17.2 Å². The van der Waals surface area contributed by atoms with E-state index in [1.54, 1.807) is 11.9 Å². The highest BCUT2D eigenvalue weighted by Crippen LogP contribution is 2.55. The minimum absolute atomic E-state index is 0.0886. The Bertz CT molecular complexity index is 1370. The SMILES string of the molecule is CN(Cc1ccccc1)c1nc(Cl)nc2c1cnn2[C@@H]1O[C@H](COP(=O)(O)CP(=O)(O)O)C(O)(O)[C@H]1O. The maximum Gasteiger partial charge on any atom is 0.340 e. The maximum atomic E-state index is 11.9. The molecule has 0 amide bonds. The predicted octanol–water partition coefficient (Wildman–Crippen LogP) is 0.392. The molecular formula is C19H24ClN5O10P2. The molecule has 1 fully saturated rings. The number of hydrogen-bond donors (Lipinski definition) is 6. The van der Waals surface area contributed by atoms with E-state index in [2.05, 4.69) is 19.6 Å². The number of aliphatic hydroxyl groups is 3. The Morgan fingerprint density at radius 1 is 1.19 bits per heavy atom. The van der Waals surface area contributed by atoms with Gasteiger partial charge in [-0.15, -0.1) is 0 Å². The number of aromatic nitrogens is 4. The van der Waals surface area contributed by atoms with Gasteiger partial charge in [0, 0.05) is 13.6 Å². The molecule has 1 aromatic carbocycles. The molecular weight excluding hydrogens is 556 g/mol. The zero-order valence-corrected chi connectivity index (χ0v) is 21.7. The van der Waals surface area contributed by atoms with E-state index in [0.717, 1.165) is 10.2 Å². The van der Waals surface area contributed by atoms with Crippen molar-refractivity contribution in [2.75, 3.05) is 24.5 Å². The predicted molar refractivity (Wildman–Crippen MR) is 129 cm³/mol. The molecule has 1 saturated heterocycles. The molecule has 3 aromatic rings. The fourth-order valence-electron chi connectivity index (χ4n) is 3.85. The van der Waals surface area contributed by atoms with E-state index in [-0.39, 0.29) is 10.9 Å². The van der Waals surface area contributed by atoms with Crippen molar-refractivity contribution in [1.29, 1.82) is 0 Å². The quantitative estimate of drug-likeness (QED) is 0.115. The highest BCUT2D eigenvalue weighted by atomic mass is 35.5. The molecule has 3 heterocycles. The van der Waals surface area contributed by atoms with Gasteiger partial charge in [0.2, 0.25) is 11.1 Å². The molecule has 0 aliphatic carbocycles. The summed E-state index contributed by atoms with van der Waals surface area (Å²) in [5, 5.41) is 35.8. The van der Waals surface area contributed by atoms with E-state index >= 15 is 0 Å². The first-order valence-electron chi connectivity index (χ1n) is 10.6. The normalized spacial score (nSPS) is 23.3. The molecule has 1 unspecified atom stereocenters. The zero-order chi connectivity index (χ0) is 27.2. The van der Waals surface area contributed by atoms with Crippen molar-refractivity contribution >= 4 is 43.6 Å². The van der Waals surface area contributed by atoms with Crippen molar-refractivity contribution in [2.45, 2.75) is 30.8 Å². The number of rotatable bonds is 9. The van der Waals surface area contributed by atoms with Gasteiger partial charge in [-0.1, -0.05) is 30.3 Å². The van der Waals surface area contributed by atoms with E-state index in [0.29, 0.717) is 17.7 Å². The molecule has 0 bridgehead atoms. The Morgan fingerprint density at radius 3 is 2.51 bits per heavy atom. The van der Waals surface area contributed by atoms with Gasteiger partial charge in [-0.3, -0.25) is 9.13 Å². The zero-order valence-electron chi connectivity index (χ0n) is 19.1. The number of halogens is 1. The third-order valence-corrected chi connectivity index (χ3v) is 9.17. The highest BCUT2D eigenvalue weighted by molar-refractivity contribution is 7.70. The summed E-state index contributed by atoms with van der Waals surface area (Å²) in [6, 6.07) is 9.52. The average Bonchev–Trinajstić information content (AvgIpc) is 3.29. The second-order valence-corrected chi connectivity index (χ2v) is 12.8. The van der Waals surface area contributed by atoms with Crippen LogP contribution in [-0.2, 0) is 24.9 Å². The number of hydrogen-bond acceptors (Lipinski definition) is 11. The molecule has 0 spiro atoms. The highest BCUT2D eigenvalue weighted by Gasteiger charge is 2.56. The minimum atomic E-state index is -4.91. The van der Waals surface area contributed by atoms with Crippen LogP contribution >= 0.6 is 26.8 Å². The molecule has 6 N–H and O–H groups in total. The van der Waals surface area contributed by atoms with Gasteiger partial charge < -0.3 is 44.2 Å². The lowest BCUT2D eigenvalue weighted by atomic mass is 10.1. The van der Waals surface area contributed by atoms with Gasteiger partial charge in [-0.25, -0.2) is 4.68 Å². The summed E-state index contributed by atoms with van der Waals surface area (Å²) in [5.74, 6) is -4.08. The largest absolute Gasteiger partial charge is 0.383 e. The molecule has 1 aliphatic heterocycles. The van der Waals surface area contributed by atoms with Gasteiger partial charge in [0.05, 0.1) is 18.2 Å². The Kier molecular flexibility index (Phi) is 7.79. The van der Waals surface area contributed by atoms with Crippen molar-refractivity contribution in [2.24, 2.45) is 0 Å². The molecule has 2 aromatic heterocycles. The van der Waals surface area contributed by atoms with Crippen LogP contribution in [0.15, 0.2) is 36.5 Å². The third-order valence-electron chi connectivity index (χ3n) is 5.55. The number of fused-ring (bicyclic) bond motifs is 1. The summed E-state index contributed by atoms with van der Waals surface area (Å²) >= 11 is 6.15. The van der Waals surface area contributed by atoms with Gasteiger partial charge in [0.15, 0.2) is 23.9 Å². The van der Waals surface area contributed by atoms with Crippen LogP contribution in [0.25, 0.3) is 11.0 Å². The van der Waals surface area contributed by atoms with Gasteiger partial charge in [0.1, 0.15) is 11.9 Å². The van der Waals surface area contributed by atoms with E-state index in [9.17, 15) is 29.3 Å². The second kappa shape index (κ2) is 10.3. The van der Waals surface area contributed by atoms with Crippen LogP contribution in [0.5, 0.6) is 0 Å². The van der Waals surface area contributed by atoms with Crippen molar-refractivity contribution in [3.63, 3.8) is 0 Å². The third kappa shape index (κ3) is 6.19. The van der Waals surface area contributed by atoms with E-state index < -0.39 is 51.9 Å². The summed E-state index contributed by atoms with van der Waals surface area (Å²) < 4.78 is 34.1.